The van der Waals surface area contributed by atoms with Gasteiger partial charge in [-0.05, 0) is 19.3 Å². The van der Waals surface area contributed by atoms with Gasteiger partial charge in [0.1, 0.15) is 0 Å². The van der Waals surface area contributed by atoms with E-state index in [1.54, 1.807) is 0 Å². The molecule has 0 radical (unpaired) electrons. The minimum atomic E-state index is -3.00. The van der Waals surface area contributed by atoms with E-state index < -0.39 is 15.6 Å². The number of hydrogen-bond donors (Lipinski definition) is 0. The number of hydrogen-bond acceptors (Lipinski definition) is 6. The first-order valence-corrected chi connectivity index (χ1v) is 12.3. The Bertz CT molecular complexity index is 630. The van der Waals surface area contributed by atoms with Crippen molar-refractivity contribution >= 4 is 15.7 Å². The Morgan fingerprint density at radius 1 is 1.00 bits per heavy atom. The SMILES string of the molecule is O=C(CN1CCC2(CC1)OCCO2)N(C1CCCCC1)C1CCS(=O)(=O)C1. The third kappa shape index (κ3) is 4.49. The summed E-state index contributed by atoms with van der Waals surface area (Å²) < 4.78 is 35.6. The molecule has 1 spiro atoms. The molecular weight excluding hydrogens is 368 g/mol. The van der Waals surface area contributed by atoms with E-state index >= 15 is 0 Å². The zero-order valence-electron chi connectivity index (χ0n) is 16.1. The minimum absolute atomic E-state index is 0.105. The second-order valence-electron chi connectivity index (χ2n) is 8.53. The van der Waals surface area contributed by atoms with Crippen LogP contribution in [-0.4, -0.2) is 86.3 Å². The maximum atomic E-state index is 13.2. The van der Waals surface area contributed by atoms with Crippen molar-refractivity contribution < 1.29 is 22.7 Å². The Kier molecular flexibility index (Phi) is 5.79. The number of sulfone groups is 1. The molecule has 4 aliphatic rings. The zero-order chi connectivity index (χ0) is 18.9. The van der Waals surface area contributed by atoms with Gasteiger partial charge in [0.25, 0.3) is 0 Å². The smallest absolute Gasteiger partial charge is 0.237 e. The fraction of sp³-hybridized carbons (Fsp3) is 0.947. The monoisotopic (exact) mass is 400 g/mol. The highest BCUT2D eigenvalue weighted by atomic mass is 32.2. The Hall–Kier alpha value is -0.700. The number of carbonyl (C=O) groups is 1. The number of piperidine rings is 1. The van der Waals surface area contributed by atoms with E-state index in [2.05, 4.69) is 4.90 Å². The molecule has 1 aliphatic carbocycles. The number of carbonyl (C=O) groups excluding carboxylic acids is 1. The average molecular weight is 401 g/mol. The first-order chi connectivity index (χ1) is 13.0. The van der Waals surface area contributed by atoms with E-state index in [1.165, 1.54) is 6.42 Å². The molecular formula is C19H32N2O5S. The van der Waals surface area contributed by atoms with Crippen LogP contribution in [0.1, 0.15) is 51.4 Å². The van der Waals surface area contributed by atoms with Crippen molar-refractivity contribution in [3.05, 3.63) is 0 Å². The minimum Gasteiger partial charge on any atom is -0.347 e. The maximum Gasteiger partial charge on any atom is 0.237 e. The molecule has 0 bridgehead atoms. The number of nitrogens with zero attached hydrogens (tertiary/aromatic N) is 2. The second kappa shape index (κ2) is 7.97. The largest absolute Gasteiger partial charge is 0.347 e. The summed E-state index contributed by atoms with van der Waals surface area (Å²) in [4.78, 5) is 17.4. The lowest BCUT2D eigenvalue weighted by atomic mass is 9.92. The third-order valence-electron chi connectivity index (χ3n) is 6.65. The molecule has 3 heterocycles. The fourth-order valence-electron chi connectivity index (χ4n) is 5.17. The maximum absolute atomic E-state index is 13.2. The van der Waals surface area contributed by atoms with Crippen LogP contribution in [0.3, 0.4) is 0 Å². The van der Waals surface area contributed by atoms with Gasteiger partial charge >= 0.3 is 0 Å². The second-order valence-corrected chi connectivity index (χ2v) is 10.8. The van der Waals surface area contributed by atoms with E-state index in [9.17, 15) is 13.2 Å². The summed E-state index contributed by atoms with van der Waals surface area (Å²) in [5.41, 5.74) is 0. The lowest BCUT2D eigenvalue weighted by molar-refractivity contribution is -0.186. The summed E-state index contributed by atoms with van der Waals surface area (Å²) in [5.74, 6) is 0.0326. The molecule has 1 unspecified atom stereocenters. The van der Waals surface area contributed by atoms with Crippen molar-refractivity contribution in [2.75, 3.05) is 44.4 Å². The normalized spacial score (nSPS) is 31.3. The number of likely N-dealkylation sites (tertiary alicyclic amines) is 1. The summed E-state index contributed by atoms with van der Waals surface area (Å²) in [6, 6.07) is 0.0745. The van der Waals surface area contributed by atoms with Crippen LogP contribution in [0.4, 0.5) is 0 Å². The predicted molar refractivity (Wildman–Crippen MR) is 101 cm³/mol. The molecule has 0 aromatic carbocycles. The molecule has 1 saturated carbocycles. The Morgan fingerprint density at radius 3 is 2.26 bits per heavy atom. The lowest BCUT2D eigenvalue weighted by Crippen LogP contribution is -2.54. The topological polar surface area (TPSA) is 76.2 Å². The Labute approximate surface area is 162 Å². The zero-order valence-corrected chi connectivity index (χ0v) is 16.9. The highest BCUT2D eigenvalue weighted by Gasteiger charge is 2.42. The van der Waals surface area contributed by atoms with Crippen molar-refractivity contribution in [1.29, 1.82) is 0 Å². The highest BCUT2D eigenvalue weighted by Crippen LogP contribution is 2.32. The molecule has 0 N–H and O–H groups in total. The summed E-state index contributed by atoms with van der Waals surface area (Å²) >= 11 is 0. The van der Waals surface area contributed by atoms with Gasteiger partial charge in [-0.1, -0.05) is 19.3 Å². The van der Waals surface area contributed by atoms with Gasteiger partial charge in [0.15, 0.2) is 15.6 Å². The van der Waals surface area contributed by atoms with Gasteiger partial charge in [0, 0.05) is 38.0 Å². The molecule has 8 heteroatoms. The van der Waals surface area contributed by atoms with Gasteiger partial charge < -0.3 is 14.4 Å². The molecule has 154 valence electrons. The van der Waals surface area contributed by atoms with E-state index in [1.807, 2.05) is 4.90 Å². The summed E-state index contributed by atoms with van der Waals surface area (Å²) in [5, 5.41) is 0. The van der Waals surface area contributed by atoms with Crippen molar-refractivity contribution in [1.82, 2.24) is 9.80 Å². The quantitative estimate of drug-likeness (QED) is 0.705. The van der Waals surface area contributed by atoms with Gasteiger partial charge in [-0.15, -0.1) is 0 Å². The summed E-state index contributed by atoms with van der Waals surface area (Å²) in [7, 11) is -3.00. The third-order valence-corrected chi connectivity index (χ3v) is 8.40. The molecule has 0 aromatic rings. The van der Waals surface area contributed by atoms with Gasteiger partial charge in [0.05, 0.1) is 31.3 Å². The molecule has 3 aliphatic heterocycles. The van der Waals surface area contributed by atoms with Crippen LogP contribution in [0.5, 0.6) is 0 Å². The van der Waals surface area contributed by atoms with E-state index in [0.29, 0.717) is 26.2 Å². The molecule has 27 heavy (non-hydrogen) atoms. The van der Waals surface area contributed by atoms with Gasteiger partial charge in [-0.3, -0.25) is 9.69 Å². The fourth-order valence-corrected chi connectivity index (χ4v) is 6.88. The van der Waals surface area contributed by atoms with Gasteiger partial charge in [0.2, 0.25) is 5.91 Å². The molecule has 7 nitrogen and oxygen atoms in total. The highest BCUT2D eigenvalue weighted by molar-refractivity contribution is 7.91. The van der Waals surface area contributed by atoms with Gasteiger partial charge in [-0.2, -0.15) is 0 Å². The number of rotatable bonds is 4. The van der Waals surface area contributed by atoms with Crippen molar-refractivity contribution in [3.8, 4) is 0 Å². The average Bonchev–Trinajstić information content (AvgIpc) is 3.25. The molecule has 4 fully saturated rings. The summed E-state index contributed by atoms with van der Waals surface area (Å²) in [6.07, 6.45) is 7.68. The van der Waals surface area contributed by atoms with Crippen LogP contribution in [0.25, 0.3) is 0 Å². The number of amides is 1. The van der Waals surface area contributed by atoms with E-state index in [4.69, 9.17) is 9.47 Å². The molecule has 1 atom stereocenters. The Morgan fingerprint density at radius 2 is 1.67 bits per heavy atom. The van der Waals surface area contributed by atoms with Gasteiger partial charge in [-0.25, -0.2) is 8.42 Å². The molecule has 3 saturated heterocycles. The Balaban J connectivity index is 1.39. The van der Waals surface area contributed by atoms with Crippen molar-refractivity contribution in [3.63, 3.8) is 0 Å². The predicted octanol–water partition coefficient (Wildman–Crippen LogP) is 1.17. The van der Waals surface area contributed by atoms with Crippen LogP contribution in [-0.2, 0) is 24.1 Å². The first kappa shape index (κ1) is 19.6. The van der Waals surface area contributed by atoms with Crippen LogP contribution >= 0.6 is 0 Å². The molecule has 0 aromatic heterocycles. The van der Waals surface area contributed by atoms with Crippen molar-refractivity contribution in [2.45, 2.75) is 69.2 Å². The number of ether oxygens (including phenoxy) is 2. The first-order valence-electron chi connectivity index (χ1n) is 10.5. The van der Waals surface area contributed by atoms with E-state index in [0.717, 1.165) is 51.6 Å². The van der Waals surface area contributed by atoms with E-state index in [-0.39, 0.29) is 29.5 Å². The van der Waals surface area contributed by atoms with Crippen LogP contribution < -0.4 is 0 Å². The van der Waals surface area contributed by atoms with Crippen LogP contribution in [0.15, 0.2) is 0 Å². The molecule has 4 rings (SSSR count). The summed E-state index contributed by atoms with van der Waals surface area (Å²) in [6.45, 7) is 3.26. The lowest BCUT2D eigenvalue weighted by Gasteiger charge is -2.41. The van der Waals surface area contributed by atoms with Crippen LogP contribution in [0.2, 0.25) is 0 Å². The van der Waals surface area contributed by atoms with Crippen molar-refractivity contribution in [2.24, 2.45) is 0 Å². The standard InChI is InChI=1S/C19H32N2O5S/c22-18(14-20-9-7-19(8-10-20)25-11-12-26-19)21(16-4-2-1-3-5-16)17-6-13-27(23,24)15-17/h16-17H,1-15H2. The van der Waals surface area contributed by atoms with Crippen LogP contribution in [0, 0.1) is 0 Å². The molecule has 1 amide bonds.